The predicted molar refractivity (Wildman–Crippen MR) is 160 cm³/mol. The van der Waals surface area contributed by atoms with E-state index in [4.69, 9.17) is 4.74 Å². The number of aliphatic hydroxyl groups is 1. The van der Waals surface area contributed by atoms with Crippen molar-refractivity contribution in [2.45, 2.75) is 70.9 Å². The summed E-state index contributed by atoms with van der Waals surface area (Å²) < 4.78 is 6.33. The monoisotopic (exact) mass is 564 g/mol. The second-order valence-corrected chi connectivity index (χ2v) is 11.3. The Bertz CT molecular complexity index is 1180. The predicted octanol–water partition coefficient (Wildman–Crippen LogP) is 3.26. The second kappa shape index (κ2) is 14.8. The van der Waals surface area contributed by atoms with Gasteiger partial charge in [0.05, 0.1) is 6.04 Å². The van der Waals surface area contributed by atoms with Gasteiger partial charge in [-0.15, -0.1) is 0 Å². The van der Waals surface area contributed by atoms with E-state index in [1.54, 1.807) is 48.5 Å². The number of fused-ring (bicyclic) bond motifs is 10. The third kappa shape index (κ3) is 8.65. The highest BCUT2D eigenvalue weighted by molar-refractivity contribution is 5.94. The summed E-state index contributed by atoms with van der Waals surface area (Å²) in [6, 6.07) is 12.9. The van der Waals surface area contributed by atoms with Gasteiger partial charge in [0.1, 0.15) is 30.0 Å². The van der Waals surface area contributed by atoms with Gasteiger partial charge in [0.2, 0.25) is 17.7 Å². The van der Waals surface area contributed by atoms with Crippen LogP contribution in [-0.2, 0) is 14.4 Å². The Hall–Kier alpha value is -3.69. The first-order chi connectivity index (χ1) is 19.5. The van der Waals surface area contributed by atoms with Crippen molar-refractivity contribution in [1.82, 2.24) is 20.9 Å². The molecule has 4 rings (SSSR count). The summed E-state index contributed by atoms with van der Waals surface area (Å²) in [7, 11) is 3.67. The highest BCUT2D eigenvalue weighted by Gasteiger charge is 2.39. The van der Waals surface area contributed by atoms with Gasteiger partial charge in [0.25, 0.3) is 0 Å². The van der Waals surface area contributed by atoms with Crippen LogP contribution in [0, 0.1) is 11.8 Å². The first kappa shape index (κ1) is 31.8. The van der Waals surface area contributed by atoms with E-state index < -0.39 is 42.1 Å². The van der Waals surface area contributed by atoms with E-state index in [9.17, 15) is 19.5 Å². The van der Waals surface area contributed by atoms with Crippen LogP contribution in [0.5, 0.6) is 5.75 Å². The van der Waals surface area contributed by atoms with Crippen molar-refractivity contribution in [2.75, 3.05) is 14.1 Å². The molecular weight excluding hydrogens is 520 g/mol. The topological polar surface area (TPSA) is 120 Å². The van der Waals surface area contributed by atoms with Crippen LogP contribution in [0.2, 0.25) is 0 Å². The zero-order valence-electron chi connectivity index (χ0n) is 24.8. The number of nitrogens with zero attached hydrogens (tertiary/aromatic N) is 1. The van der Waals surface area contributed by atoms with Crippen molar-refractivity contribution in [1.29, 1.82) is 0 Å². The maximum Gasteiger partial charge on any atom is 0.249 e. The molecule has 0 aromatic heterocycles. The molecule has 4 N–H and O–H groups in total. The molecule has 41 heavy (non-hydrogen) atoms. The van der Waals surface area contributed by atoms with Crippen molar-refractivity contribution in [3.05, 3.63) is 71.9 Å². The highest BCUT2D eigenvalue weighted by atomic mass is 16.5. The third-order valence-electron chi connectivity index (χ3n) is 7.51. The number of amides is 3. The molecule has 6 atom stereocenters. The smallest absolute Gasteiger partial charge is 0.249 e. The van der Waals surface area contributed by atoms with E-state index in [-0.39, 0.29) is 11.8 Å². The van der Waals surface area contributed by atoms with E-state index in [1.807, 2.05) is 45.0 Å². The number of aliphatic hydroxyl groups excluding tert-OH is 1. The summed E-state index contributed by atoms with van der Waals surface area (Å²) in [6.45, 7) is 7.98. The van der Waals surface area contributed by atoms with Gasteiger partial charge in [0.15, 0.2) is 0 Å². The molecule has 6 unspecified atom stereocenters. The van der Waals surface area contributed by atoms with E-state index in [0.717, 1.165) is 12.0 Å². The SMILES string of the molecule is CCC(C)CC(C(=O)NC1C(=O)NC(C(O)c2ccccc2)C(=O)NC=Cc2ccc(cc2)OC1C(C)C)N(C)C. The number of likely N-dealkylation sites (N-methyl/N-ethyl adjacent to an activating group) is 1. The van der Waals surface area contributed by atoms with Crippen LogP contribution in [0.15, 0.2) is 60.8 Å². The lowest BCUT2D eigenvalue weighted by atomic mass is 9.94. The lowest BCUT2D eigenvalue weighted by molar-refractivity contribution is -0.137. The summed E-state index contributed by atoms with van der Waals surface area (Å²) in [6.07, 6.45) is 2.60. The van der Waals surface area contributed by atoms with Crippen LogP contribution < -0.4 is 20.7 Å². The van der Waals surface area contributed by atoms with Crippen molar-refractivity contribution < 1.29 is 24.2 Å². The molecular formula is C32H44N4O5. The minimum absolute atomic E-state index is 0.197. The maximum absolute atomic E-state index is 14.0. The molecule has 9 heteroatoms. The summed E-state index contributed by atoms with van der Waals surface area (Å²) in [5, 5.41) is 19.6. The van der Waals surface area contributed by atoms with E-state index >= 15 is 0 Å². The summed E-state index contributed by atoms with van der Waals surface area (Å²) in [5.41, 5.74) is 1.29. The molecule has 2 aromatic rings. The third-order valence-corrected chi connectivity index (χ3v) is 7.51. The van der Waals surface area contributed by atoms with Crippen LogP contribution >= 0.6 is 0 Å². The van der Waals surface area contributed by atoms with Crippen LogP contribution in [0.1, 0.15) is 57.8 Å². The Kier molecular flexibility index (Phi) is 11.5. The molecule has 9 nitrogen and oxygen atoms in total. The van der Waals surface area contributed by atoms with Crippen molar-refractivity contribution in [3.8, 4) is 5.75 Å². The Morgan fingerprint density at radius 2 is 1.68 bits per heavy atom. The minimum Gasteiger partial charge on any atom is -0.487 e. The number of hydrogen-bond acceptors (Lipinski definition) is 6. The van der Waals surface area contributed by atoms with E-state index in [2.05, 4.69) is 29.8 Å². The summed E-state index contributed by atoms with van der Waals surface area (Å²) in [5.74, 6) is -0.908. The van der Waals surface area contributed by atoms with Crippen LogP contribution in [-0.4, -0.2) is 66.1 Å². The van der Waals surface area contributed by atoms with Crippen molar-refractivity contribution in [2.24, 2.45) is 11.8 Å². The molecule has 0 saturated heterocycles. The van der Waals surface area contributed by atoms with Gasteiger partial charge in [-0.3, -0.25) is 19.3 Å². The second-order valence-electron chi connectivity index (χ2n) is 11.3. The highest BCUT2D eigenvalue weighted by Crippen LogP contribution is 2.23. The normalized spacial score (nSPS) is 21.8. The van der Waals surface area contributed by atoms with Crippen molar-refractivity contribution in [3.63, 3.8) is 0 Å². The molecule has 0 saturated carbocycles. The number of nitrogens with one attached hydrogen (secondary N) is 3. The molecule has 3 amide bonds. The Labute approximate surface area is 243 Å². The maximum atomic E-state index is 14.0. The molecule has 222 valence electrons. The summed E-state index contributed by atoms with van der Waals surface area (Å²) >= 11 is 0. The molecule has 0 spiro atoms. The molecule has 2 aliphatic rings. The Balaban J connectivity index is 2.05. The number of ether oxygens (including phenoxy) is 1. The first-order valence-corrected chi connectivity index (χ1v) is 14.3. The summed E-state index contributed by atoms with van der Waals surface area (Å²) in [4.78, 5) is 42.9. The fraction of sp³-hybridized carbons (Fsp3) is 0.469. The zero-order valence-corrected chi connectivity index (χ0v) is 24.8. The lowest BCUT2D eigenvalue weighted by Crippen LogP contribution is -2.62. The number of carbonyl (C=O) groups excluding carboxylic acids is 3. The van der Waals surface area contributed by atoms with Gasteiger partial charge in [-0.05, 0) is 61.7 Å². The number of hydrogen-bond donors (Lipinski definition) is 4. The fourth-order valence-corrected chi connectivity index (χ4v) is 4.73. The number of carbonyl (C=O) groups is 3. The van der Waals surface area contributed by atoms with E-state index in [1.165, 1.54) is 6.20 Å². The molecule has 0 aliphatic carbocycles. The standard InChI is InChI=1S/C32H44N4O5/c1-7-21(4)19-25(36(5)6)30(38)35-27-29(20(2)3)41-24-15-13-22(14-16-24)17-18-33-31(39)26(34-32(27)40)28(37)23-11-9-8-10-12-23/h8-18,20-21,25-29,37H,7,19H2,1-6H3,(H,33,39)(H,34,40)(H,35,38). The largest absolute Gasteiger partial charge is 0.487 e. The first-order valence-electron chi connectivity index (χ1n) is 14.3. The van der Waals surface area contributed by atoms with Gasteiger partial charge >= 0.3 is 0 Å². The Morgan fingerprint density at radius 3 is 2.27 bits per heavy atom. The average molecular weight is 565 g/mol. The van der Waals surface area contributed by atoms with Crippen LogP contribution in [0.25, 0.3) is 6.08 Å². The van der Waals surface area contributed by atoms with E-state index in [0.29, 0.717) is 23.7 Å². The van der Waals surface area contributed by atoms with Gasteiger partial charge in [0, 0.05) is 6.20 Å². The Morgan fingerprint density at radius 1 is 1.02 bits per heavy atom. The number of benzene rings is 2. The number of rotatable bonds is 9. The quantitative estimate of drug-likeness (QED) is 0.371. The van der Waals surface area contributed by atoms with Gasteiger partial charge < -0.3 is 25.8 Å². The average Bonchev–Trinajstić information content (AvgIpc) is 2.96. The molecule has 2 aromatic carbocycles. The van der Waals surface area contributed by atoms with Crippen LogP contribution in [0.4, 0.5) is 0 Å². The fourth-order valence-electron chi connectivity index (χ4n) is 4.73. The van der Waals surface area contributed by atoms with Crippen LogP contribution in [0.3, 0.4) is 0 Å². The molecule has 2 bridgehead atoms. The van der Waals surface area contributed by atoms with Crippen molar-refractivity contribution >= 4 is 23.8 Å². The molecule has 0 fully saturated rings. The van der Waals surface area contributed by atoms with Gasteiger partial charge in [-0.25, -0.2) is 0 Å². The molecule has 2 aliphatic heterocycles. The lowest BCUT2D eigenvalue weighted by Gasteiger charge is -2.34. The van der Waals surface area contributed by atoms with Gasteiger partial charge in [-0.2, -0.15) is 0 Å². The minimum atomic E-state index is -1.34. The van der Waals surface area contributed by atoms with Gasteiger partial charge in [-0.1, -0.05) is 76.6 Å². The zero-order chi connectivity index (χ0) is 30.1. The molecule has 2 heterocycles. The molecule has 0 radical (unpaired) electrons.